The van der Waals surface area contributed by atoms with Gasteiger partial charge in [-0.05, 0) is 31.2 Å². The van der Waals surface area contributed by atoms with Crippen molar-refractivity contribution in [2.75, 3.05) is 6.61 Å². The van der Waals surface area contributed by atoms with Gasteiger partial charge in [0.25, 0.3) is 5.91 Å². The van der Waals surface area contributed by atoms with Crippen LogP contribution in [0.2, 0.25) is 5.02 Å². The lowest BCUT2D eigenvalue weighted by molar-refractivity contribution is -0.118. The second kappa shape index (κ2) is 7.64. The summed E-state index contributed by atoms with van der Waals surface area (Å²) in [5.74, 6) is 0.554. The standard InChI is InChI=1S/C18H17ClN2O2S/c1-2-21-17-14(19)9-6-10-15(17)24-18(21)20-16(22)11-12-23-13-7-4-3-5-8-13/h3-10H,2,11-12H2,1H3. The molecule has 0 bridgehead atoms. The minimum atomic E-state index is -0.198. The summed E-state index contributed by atoms with van der Waals surface area (Å²) in [7, 11) is 0. The molecule has 0 aliphatic rings. The third kappa shape index (κ3) is 3.68. The van der Waals surface area contributed by atoms with Crippen LogP contribution in [0.15, 0.2) is 53.5 Å². The number of halogens is 1. The highest BCUT2D eigenvalue weighted by Crippen LogP contribution is 2.25. The van der Waals surface area contributed by atoms with Gasteiger partial charge in [-0.25, -0.2) is 0 Å². The molecule has 124 valence electrons. The highest BCUT2D eigenvalue weighted by molar-refractivity contribution is 7.16. The summed E-state index contributed by atoms with van der Waals surface area (Å²) in [6, 6.07) is 15.2. The van der Waals surface area contributed by atoms with Crippen molar-refractivity contribution in [3.8, 4) is 5.75 Å². The molecule has 4 nitrogen and oxygen atoms in total. The number of amides is 1. The number of fused-ring (bicyclic) bond motifs is 1. The van der Waals surface area contributed by atoms with Crippen LogP contribution in [0.3, 0.4) is 0 Å². The second-order valence-corrected chi connectivity index (χ2v) is 6.55. The number of para-hydroxylation sites is 2. The Kier molecular flexibility index (Phi) is 5.33. The van der Waals surface area contributed by atoms with E-state index >= 15 is 0 Å². The number of rotatable bonds is 5. The fraction of sp³-hybridized carbons (Fsp3) is 0.222. The van der Waals surface area contributed by atoms with Crippen molar-refractivity contribution in [2.45, 2.75) is 19.9 Å². The zero-order chi connectivity index (χ0) is 16.9. The van der Waals surface area contributed by atoms with Gasteiger partial charge in [-0.3, -0.25) is 4.79 Å². The predicted octanol–water partition coefficient (Wildman–Crippen LogP) is 4.27. The molecule has 0 spiro atoms. The van der Waals surface area contributed by atoms with Crippen LogP contribution in [0.1, 0.15) is 13.3 Å². The summed E-state index contributed by atoms with van der Waals surface area (Å²) in [6.45, 7) is 3.03. The first-order valence-corrected chi connectivity index (χ1v) is 8.91. The Balaban J connectivity index is 1.77. The number of hydrogen-bond donors (Lipinski definition) is 0. The van der Waals surface area contributed by atoms with Crippen LogP contribution in [-0.4, -0.2) is 17.1 Å². The Labute approximate surface area is 149 Å². The van der Waals surface area contributed by atoms with E-state index in [2.05, 4.69) is 4.99 Å². The van der Waals surface area contributed by atoms with E-state index in [-0.39, 0.29) is 12.3 Å². The van der Waals surface area contributed by atoms with Gasteiger partial charge in [-0.15, -0.1) is 0 Å². The molecule has 0 saturated heterocycles. The molecule has 0 fully saturated rings. The van der Waals surface area contributed by atoms with E-state index in [4.69, 9.17) is 16.3 Å². The van der Waals surface area contributed by atoms with Crippen LogP contribution in [0.5, 0.6) is 5.75 Å². The van der Waals surface area contributed by atoms with E-state index in [9.17, 15) is 4.79 Å². The first-order chi connectivity index (χ1) is 11.7. The molecule has 0 N–H and O–H groups in total. The van der Waals surface area contributed by atoms with Gasteiger partial charge in [0.2, 0.25) is 0 Å². The second-order valence-electron chi connectivity index (χ2n) is 5.13. The van der Waals surface area contributed by atoms with E-state index in [1.807, 2.05) is 60.0 Å². The topological polar surface area (TPSA) is 43.6 Å². The molecule has 24 heavy (non-hydrogen) atoms. The zero-order valence-electron chi connectivity index (χ0n) is 13.2. The fourth-order valence-corrected chi connectivity index (χ4v) is 3.87. The third-order valence-electron chi connectivity index (χ3n) is 3.52. The van der Waals surface area contributed by atoms with Crippen molar-refractivity contribution in [3.05, 3.63) is 58.4 Å². The molecule has 1 aromatic heterocycles. The monoisotopic (exact) mass is 360 g/mol. The number of aromatic nitrogens is 1. The van der Waals surface area contributed by atoms with Crippen LogP contribution >= 0.6 is 22.9 Å². The van der Waals surface area contributed by atoms with Gasteiger partial charge >= 0.3 is 0 Å². The van der Waals surface area contributed by atoms with E-state index in [0.717, 1.165) is 16.0 Å². The molecule has 2 aromatic carbocycles. The first kappa shape index (κ1) is 16.7. The molecule has 6 heteroatoms. The van der Waals surface area contributed by atoms with E-state index in [1.54, 1.807) is 0 Å². The number of thiazole rings is 1. The first-order valence-electron chi connectivity index (χ1n) is 7.72. The van der Waals surface area contributed by atoms with Crippen molar-refractivity contribution in [1.82, 2.24) is 4.57 Å². The minimum Gasteiger partial charge on any atom is -0.493 e. The van der Waals surface area contributed by atoms with Crippen molar-refractivity contribution >= 4 is 39.1 Å². The van der Waals surface area contributed by atoms with Crippen LogP contribution in [-0.2, 0) is 11.3 Å². The Morgan fingerprint density at radius 2 is 2.00 bits per heavy atom. The molecule has 1 amide bonds. The molecule has 0 unspecified atom stereocenters. The van der Waals surface area contributed by atoms with Gasteiger partial charge in [0.05, 0.1) is 28.3 Å². The van der Waals surface area contributed by atoms with Crippen LogP contribution in [0.25, 0.3) is 10.2 Å². The number of carbonyl (C=O) groups is 1. The van der Waals surface area contributed by atoms with Crippen LogP contribution < -0.4 is 9.54 Å². The Hall–Kier alpha value is -2.11. The van der Waals surface area contributed by atoms with Crippen molar-refractivity contribution in [1.29, 1.82) is 0 Å². The van der Waals surface area contributed by atoms with Crippen molar-refractivity contribution in [2.24, 2.45) is 4.99 Å². The highest BCUT2D eigenvalue weighted by atomic mass is 35.5. The molecule has 1 heterocycles. The largest absolute Gasteiger partial charge is 0.493 e. The third-order valence-corrected chi connectivity index (χ3v) is 4.86. The summed E-state index contributed by atoms with van der Waals surface area (Å²) >= 11 is 7.75. The van der Waals surface area contributed by atoms with Crippen LogP contribution in [0, 0.1) is 0 Å². The van der Waals surface area contributed by atoms with Gasteiger partial charge in [0, 0.05) is 6.54 Å². The molecule has 0 saturated carbocycles. The van der Waals surface area contributed by atoms with E-state index in [0.29, 0.717) is 23.0 Å². The van der Waals surface area contributed by atoms with Gasteiger partial charge in [-0.2, -0.15) is 4.99 Å². The average Bonchev–Trinajstić information content (AvgIpc) is 2.94. The number of hydrogen-bond acceptors (Lipinski definition) is 3. The number of nitrogens with zero attached hydrogens (tertiary/aromatic N) is 2. The van der Waals surface area contributed by atoms with Crippen molar-refractivity contribution in [3.63, 3.8) is 0 Å². The van der Waals surface area contributed by atoms with Gasteiger partial charge in [-0.1, -0.05) is 47.2 Å². The Bertz CT molecular complexity index is 916. The number of benzene rings is 2. The summed E-state index contributed by atoms with van der Waals surface area (Å²) in [4.78, 5) is 17.1. The minimum absolute atomic E-state index is 0.198. The molecular formula is C18H17ClN2O2S. The lowest BCUT2D eigenvalue weighted by Crippen LogP contribution is -2.16. The maximum atomic E-state index is 12.1. The smallest absolute Gasteiger partial charge is 0.251 e. The normalized spacial score (nSPS) is 11.8. The summed E-state index contributed by atoms with van der Waals surface area (Å²) < 4.78 is 8.54. The molecule has 0 atom stereocenters. The molecule has 0 aliphatic carbocycles. The lowest BCUT2D eigenvalue weighted by atomic mass is 10.3. The van der Waals surface area contributed by atoms with Crippen LogP contribution in [0.4, 0.5) is 0 Å². The molecule has 3 rings (SSSR count). The summed E-state index contributed by atoms with van der Waals surface area (Å²) in [5, 5.41) is 0.673. The number of ether oxygens (including phenoxy) is 1. The highest BCUT2D eigenvalue weighted by Gasteiger charge is 2.09. The fourth-order valence-electron chi connectivity index (χ4n) is 2.40. The summed E-state index contributed by atoms with van der Waals surface area (Å²) in [5.41, 5.74) is 0.929. The molecular weight excluding hydrogens is 344 g/mol. The molecule has 0 aliphatic heterocycles. The predicted molar refractivity (Wildman–Crippen MR) is 97.6 cm³/mol. The zero-order valence-corrected chi connectivity index (χ0v) is 14.8. The molecule has 0 radical (unpaired) electrons. The van der Waals surface area contributed by atoms with Gasteiger partial charge in [0.15, 0.2) is 4.80 Å². The van der Waals surface area contributed by atoms with Gasteiger partial charge < -0.3 is 9.30 Å². The SMILES string of the molecule is CCn1c(=NC(=O)CCOc2ccccc2)sc2cccc(Cl)c21. The summed E-state index contributed by atoms with van der Waals surface area (Å²) in [6.07, 6.45) is 0.237. The Morgan fingerprint density at radius 3 is 2.75 bits per heavy atom. The van der Waals surface area contributed by atoms with E-state index < -0.39 is 0 Å². The molecule has 3 aromatic rings. The van der Waals surface area contributed by atoms with E-state index in [1.165, 1.54) is 11.3 Å². The lowest BCUT2D eigenvalue weighted by Gasteiger charge is -2.04. The maximum Gasteiger partial charge on any atom is 0.251 e. The average molecular weight is 361 g/mol. The Morgan fingerprint density at radius 1 is 1.21 bits per heavy atom. The maximum absolute atomic E-state index is 12.1. The quantitative estimate of drug-likeness (QED) is 0.681. The number of aryl methyl sites for hydroxylation is 1. The number of carbonyl (C=O) groups excluding carboxylic acids is 1. The van der Waals surface area contributed by atoms with Crippen molar-refractivity contribution < 1.29 is 9.53 Å². The van der Waals surface area contributed by atoms with Gasteiger partial charge in [0.1, 0.15) is 5.75 Å².